The van der Waals surface area contributed by atoms with Gasteiger partial charge in [0.25, 0.3) is 5.91 Å². The number of carbonyl (C=O) groups excluding carboxylic acids is 2. The van der Waals surface area contributed by atoms with Crippen LogP contribution in [-0.2, 0) is 4.79 Å². The van der Waals surface area contributed by atoms with E-state index in [-0.39, 0.29) is 47.6 Å². The number of rotatable bonds is 5. The Morgan fingerprint density at radius 1 is 1.21 bits per heavy atom. The summed E-state index contributed by atoms with van der Waals surface area (Å²) in [6.45, 7) is 0.268. The molecule has 0 bridgehead atoms. The zero-order chi connectivity index (χ0) is 28.2. The molecule has 0 radical (unpaired) electrons. The van der Waals surface area contributed by atoms with E-state index >= 15 is 0 Å². The largest absolute Gasteiger partial charge is 0.481 e. The number of nitrogens with zero attached hydrogens (tertiary/aromatic N) is 3. The molecule has 1 spiro atoms. The van der Waals surface area contributed by atoms with Gasteiger partial charge in [0.05, 0.1) is 31.1 Å². The standard InChI is InChI=1S/C25H29F4N5O5/c1-39-20-8-14(15(26)12-30-20)17-9-18(33-32-17)22(37)34-7-3-13(10-23(34)5-6-23)21(36)31-16-2-4-24(38,11-19(16)35)25(27,28)29/h8-9,12-13,16,19,35,38H,2-7,10-11H2,1H3,(H,31,36)(H,32,33)/t13?,16-,19-,24+/m1/s1. The number of H-pyrrole nitrogens is 1. The molecule has 212 valence electrons. The Balaban J connectivity index is 1.22. The van der Waals surface area contributed by atoms with Crippen molar-refractivity contribution >= 4 is 11.8 Å². The van der Waals surface area contributed by atoms with Crippen LogP contribution >= 0.6 is 0 Å². The van der Waals surface area contributed by atoms with Crippen LogP contribution in [0.2, 0.25) is 0 Å². The van der Waals surface area contributed by atoms with E-state index in [1.54, 1.807) is 4.90 Å². The van der Waals surface area contributed by atoms with Crippen molar-refractivity contribution in [2.45, 2.75) is 74.4 Å². The van der Waals surface area contributed by atoms with Gasteiger partial charge in [0, 0.05) is 36.1 Å². The summed E-state index contributed by atoms with van der Waals surface area (Å²) in [5.74, 6) is -1.64. The predicted molar refractivity (Wildman–Crippen MR) is 127 cm³/mol. The molecular formula is C25H29F4N5O5. The summed E-state index contributed by atoms with van der Waals surface area (Å²) < 4.78 is 58.7. The topological polar surface area (TPSA) is 141 Å². The maximum absolute atomic E-state index is 14.3. The molecule has 4 N–H and O–H groups in total. The molecule has 2 amide bonds. The number of methoxy groups -OCH3 is 1. The van der Waals surface area contributed by atoms with Crippen molar-refractivity contribution in [2.75, 3.05) is 13.7 Å². The second-order valence-corrected chi connectivity index (χ2v) is 10.7. The van der Waals surface area contributed by atoms with E-state index < -0.39 is 54.0 Å². The number of halogens is 4. The van der Waals surface area contributed by atoms with Gasteiger partial charge in [0.2, 0.25) is 11.8 Å². The summed E-state index contributed by atoms with van der Waals surface area (Å²) in [5, 5.41) is 29.5. The minimum absolute atomic E-state index is 0.118. The van der Waals surface area contributed by atoms with E-state index in [9.17, 15) is 37.4 Å². The molecule has 5 rings (SSSR count). The molecule has 1 aliphatic heterocycles. The molecule has 2 saturated carbocycles. The molecule has 2 aliphatic carbocycles. The molecule has 2 aromatic rings. The first kappa shape index (κ1) is 27.3. The average molecular weight is 556 g/mol. The number of aromatic nitrogens is 3. The molecule has 3 heterocycles. The number of likely N-dealkylation sites (tertiary alicyclic amines) is 1. The highest BCUT2D eigenvalue weighted by atomic mass is 19.4. The van der Waals surface area contributed by atoms with Crippen LogP contribution in [0.1, 0.15) is 55.4 Å². The van der Waals surface area contributed by atoms with E-state index in [2.05, 4.69) is 20.5 Å². The third-order valence-electron chi connectivity index (χ3n) is 8.20. The van der Waals surface area contributed by atoms with Crippen LogP contribution in [0.5, 0.6) is 5.88 Å². The number of aromatic amines is 1. The minimum Gasteiger partial charge on any atom is -0.481 e. The van der Waals surface area contributed by atoms with Crippen LogP contribution in [0, 0.1) is 11.7 Å². The van der Waals surface area contributed by atoms with Gasteiger partial charge < -0.3 is 25.2 Å². The zero-order valence-electron chi connectivity index (χ0n) is 21.1. The lowest BCUT2D eigenvalue weighted by Crippen LogP contribution is -2.58. The second kappa shape index (κ2) is 9.73. The maximum Gasteiger partial charge on any atom is 0.417 e. The van der Waals surface area contributed by atoms with Crippen molar-refractivity contribution < 1.29 is 42.1 Å². The first-order chi connectivity index (χ1) is 18.4. The van der Waals surface area contributed by atoms with Crippen molar-refractivity contribution in [3.63, 3.8) is 0 Å². The predicted octanol–water partition coefficient (Wildman–Crippen LogP) is 2.33. The van der Waals surface area contributed by atoms with E-state index in [1.807, 2.05) is 0 Å². The third-order valence-corrected chi connectivity index (χ3v) is 8.20. The molecule has 1 unspecified atom stereocenters. The summed E-state index contributed by atoms with van der Waals surface area (Å²) in [6.07, 6.45) is -5.06. The lowest BCUT2D eigenvalue weighted by molar-refractivity contribution is -0.279. The number of ether oxygens (including phenoxy) is 1. The van der Waals surface area contributed by atoms with Gasteiger partial charge in [-0.25, -0.2) is 9.37 Å². The van der Waals surface area contributed by atoms with Crippen LogP contribution in [0.3, 0.4) is 0 Å². The lowest BCUT2D eigenvalue weighted by atomic mass is 9.79. The minimum atomic E-state index is -4.87. The Bertz CT molecular complexity index is 1270. The number of hydrogen-bond donors (Lipinski definition) is 4. The number of hydrogen-bond acceptors (Lipinski definition) is 7. The molecule has 10 nitrogen and oxygen atoms in total. The summed E-state index contributed by atoms with van der Waals surface area (Å²) in [6, 6.07) is 1.92. The smallest absolute Gasteiger partial charge is 0.417 e. The Labute approximate surface area is 220 Å². The molecule has 4 atom stereocenters. The van der Waals surface area contributed by atoms with Crippen LogP contribution in [0.15, 0.2) is 18.3 Å². The fourth-order valence-corrected chi connectivity index (χ4v) is 5.70. The molecule has 3 fully saturated rings. The third kappa shape index (κ3) is 5.07. The highest BCUT2D eigenvalue weighted by Gasteiger charge is 2.58. The molecule has 2 aromatic heterocycles. The van der Waals surface area contributed by atoms with Crippen molar-refractivity contribution in [2.24, 2.45) is 5.92 Å². The summed E-state index contributed by atoms with van der Waals surface area (Å²) in [4.78, 5) is 31.8. The van der Waals surface area contributed by atoms with Crippen LogP contribution in [0.25, 0.3) is 11.3 Å². The van der Waals surface area contributed by atoms with Gasteiger partial charge in [0.1, 0.15) is 5.69 Å². The number of aliphatic hydroxyl groups is 2. The van der Waals surface area contributed by atoms with Crippen molar-refractivity contribution in [1.29, 1.82) is 0 Å². The molecular weight excluding hydrogens is 526 g/mol. The van der Waals surface area contributed by atoms with Crippen LogP contribution in [-0.4, -0.2) is 85.2 Å². The second-order valence-electron chi connectivity index (χ2n) is 10.7. The fraction of sp³-hybridized carbons (Fsp3) is 0.600. The van der Waals surface area contributed by atoms with E-state index in [4.69, 9.17) is 4.74 Å². The molecule has 39 heavy (non-hydrogen) atoms. The average Bonchev–Trinajstić information content (AvgIpc) is 3.46. The summed E-state index contributed by atoms with van der Waals surface area (Å²) in [7, 11) is 1.40. The number of pyridine rings is 1. The molecule has 14 heteroatoms. The van der Waals surface area contributed by atoms with Gasteiger partial charge in [-0.1, -0.05) is 0 Å². The molecule has 3 aliphatic rings. The number of piperidine rings is 1. The first-order valence-corrected chi connectivity index (χ1v) is 12.7. The van der Waals surface area contributed by atoms with E-state index in [0.717, 1.165) is 6.20 Å². The zero-order valence-corrected chi connectivity index (χ0v) is 21.1. The van der Waals surface area contributed by atoms with Gasteiger partial charge in [-0.15, -0.1) is 0 Å². The maximum atomic E-state index is 14.3. The number of alkyl halides is 3. The van der Waals surface area contributed by atoms with Crippen LogP contribution in [0.4, 0.5) is 17.6 Å². The van der Waals surface area contributed by atoms with Gasteiger partial charge in [0.15, 0.2) is 11.4 Å². The van der Waals surface area contributed by atoms with Crippen molar-refractivity contribution in [3.05, 3.63) is 29.8 Å². The highest BCUT2D eigenvalue weighted by molar-refractivity contribution is 5.94. The van der Waals surface area contributed by atoms with Gasteiger partial charge in [-0.05, 0) is 44.6 Å². The van der Waals surface area contributed by atoms with Crippen molar-refractivity contribution in [1.82, 2.24) is 25.4 Å². The molecule has 1 saturated heterocycles. The SMILES string of the molecule is COc1cc(-c2cc(C(=O)N3CCC(C(=O)N[C@@H]4CC[C@@](O)(C(F)(F)F)C[C@H]4O)CC34CC4)[nH]n2)c(F)cn1. The Morgan fingerprint density at radius 3 is 2.59 bits per heavy atom. The summed E-state index contributed by atoms with van der Waals surface area (Å²) in [5.41, 5.74) is -3.02. The molecule has 0 aromatic carbocycles. The number of aliphatic hydroxyl groups excluding tert-OH is 1. The van der Waals surface area contributed by atoms with E-state index in [1.165, 1.54) is 19.2 Å². The Kier molecular flexibility index (Phi) is 6.82. The fourth-order valence-electron chi connectivity index (χ4n) is 5.70. The normalized spacial score (nSPS) is 28.3. The number of amides is 2. The first-order valence-electron chi connectivity index (χ1n) is 12.7. The quantitative estimate of drug-likeness (QED) is 0.415. The van der Waals surface area contributed by atoms with E-state index in [0.29, 0.717) is 25.7 Å². The summed E-state index contributed by atoms with van der Waals surface area (Å²) >= 11 is 0. The number of carbonyl (C=O) groups is 2. The van der Waals surface area contributed by atoms with Crippen LogP contribution < -0.4 is 10.1 Å². The van der Waals surface area contributed by atoms with Crippen molar-refractivity contribution in [3.8, 4) is 17.1 Å². The number of nitrogens with one attached hydrogen (secondary N) is 2. The Hall–Kier alpha value is -3.26. The van der Waals surface area contributed by atoms with Gasteiger partial charge in [-0.2, -0.15) is 18.3 Å². The lowest BCUT2D eigenvalue weighted by Gasteiger charge is -2.42. The van der Waals surface area contributed by atoms with Gasteiger partial charge >= 0.3 is 6.18 Å². The Morgan fingerprint density at radius 2 is 1.95 bits per heavy atom. The van der Waals surface area contributed by atoms with Gasteiger partial charge in [-0.3, -0.25) is 14.7 Å². The monoisotopic (exact) mass is 555 g/mol. The highest BCUT2D eigenvalue weighted by Crippen LogP contribution is 2.50.